The molecule has 0 aromatic heterocycles. The number of ether oxygens (including phenoxy) is 1. The number of nitrogens with zero attached hydrogens (tertiary/aromatic N) is 1. The topological polar surface area (TPSA) is 84.7 Å². The fourth-order valence-corrected chi connectivity index (χ4v) is 3.35. The molecule has 0 atom stereocenters. The summed E-state index contributed by atoms with van der Waals surface area (Å²) in [4.78, 5) is 24.5. The number of benzene rings is 2. The summed E-state index contributed by atoms with van der Waals surface area (Å²) in [5, 5.41) is 2.59. The molecular weight excluding hydrogens is 342 g/mol. The first-order chi connectivity index (χ1) is 13.2. The molecule has 27 heavy (non-hydrogen) atoms. The lowest BCUT2D eigenvalue weighted by Gasteiger charge is -2.24. The van der Waals surface area contributed by atoms with Crippen LogP contribution < -0.4 is 16.0 Å². The average molecular weight is 367 g/mol. The van der Waals surface area contributed by atoms with Crippen LogP contribution in [0.15, 0.2) is 48.5 Å². The van der Waals surface area contributed by atoms with Crippen LogP contribution in [0, 0.1) is 0 Å². The average Bonchev–Trinajstić information content (AvgIpc) is 2.73. The minimum Gasteiger partial charge on any atom is -0.381 e. The molecule has 1 fully saturated rings. The number of anilines is 2. The summed E-state index contributed by atoms with van der Waals surface area (Å²) in [7, 11) is 0. The van der Waals surface area contributed by atoms with E-state index < -0.39 is 0 Å². The molecule has 142 valence electrons. The van der Waals surface area contributed by atoms with Crippen molar-refractivity contribution in [1.82, 2.24) is 0 Å². The van der Waals surface area contributed by atoms with Crippen LogP contribution in [0.4, 0.5) is 11.4 Å². The van der Waals surface area contributed by atoms with Crippen LogP contribution in [0.2, 0.25) is 0 Å². The Morgan fingerprint density at radius 1 is 1.11 bits per heavy atom. The van der Waals surface area contributed by atoms with E-state index in [9.17, 15) is 9.59 Å². The fraction of sp³-hybridized carbons (Fsp3) is 0.333. The van der Waals surface area contributed by atoms with Crippen molar-refractivity contribution in [2.45, 2.75) is 25.3 Å². The highest BCUT2D eigenvalue weighted by atomic mass is 16.5. The first-order valence-electron chi connectivity index (χ1n) is 9.18. The highest BCUT2D eigenvalue weighted by molar-refractivity contribution is 5.94. The summed E-state index contributed by atoms with van der Waals surface area (Å²) >= 11 is 0. The van der Waals surface area contributed by atoms with Gasteiger partial charge in [0.2, 0.25) is 12.3 Å². The van der Waals surface area contributed by atoms with Crippen LogP contribution in [0.1, 0.15) is 29.9 Å². The maximum Gasteiger partial charge on any atom is 0.241 e. The van der Waals surface area contributed by atoms with Gasteiger partial charge in [-0.25, -0.2) is 0 Å². The molecule has 3 rings (SSSR count). The largest absolute Gasteiger partial charge is 0.381 e. The van der Waals surface area contributed by atoms with Crippen molar-refractivity contribution >= 4 is 23.7 Å². The lowest BCUT2D eigenvalue weighted by atomic mass is 9.91. The molecule has 2 amide bonds. The van der Waals surface area contributed by atoms with E-state index in [2.05, 4.69) is 29.6 Å². The fourth-order valence-electron chi connectivity index (χ4n) is 3.35. The normalized spacial score (nSPS) is 14.6. The molecule has 0 aliphatic carbocycles. The van der Waals surface area contributed by atoms with Crippen LogP contribution >= 0.6 is 0 Å². The third kappa shape index (κ3) is 4.93. The van der Waals surface area contributed by atoms with Crippen molar-refractivity contribution in [3.8, 4) is 0 Å². The minimum absolute atomic E-state index is 0.0610. The smallest absolute Gasteiger partial charge is 0.241 e. The van der Waals surface area contributed by atoms with Crippen LogP contribution in [0.25, 0.3) is 0 Å². The number of amides is 2. The van der Waals surface area contributed by atoms with E-state index >= 15 is 0 Å². The third-order valence-electron chi connectivity index (χ3n) is 4.89. The highest BCUT2D eigenvalue weighted by Gasteiger charge is 2.17. The third-order valence-corrected chi connectivity index (χ3v) is 4.89. The minimum atomic E-state index is -0.153. The quantitative estimate of drug-likeness (QED) is 0.737. The van der Waals surface area contributed by atoms with Gasteiger partial charge in [-0.05, 0) is 54.2 Å². The van der Waals surface area contributed by atoms with Gasteiger partial charge in [-0.1, -0.05) is 24.3 Å². The molecule has 0 radical (unpaired) electrons. The van der Waals surface area contributed by atoms with E-state index in [0.29, 0.717) is 24.6 Å². The molecule has 1 aliphatic heterocycles. The monoisotopic (exact) mass is 367 g/mol. The summed E-state index contributed by atoms with van der Waals surface area (Å²) in [6.45, 7) is 2.03. The molecule has 2 aromatic carbocycles. The molecule has 1 aliphatic rings. The lowest BCUT2D eigenvalue weighted by molar-refractivity contribution is -0.117. The summed E-state index contributed by atoms with van der Waals surface area (Å²) in [6, 6.07) is 15.6. The molecule has 1 saturated heterocycles. The van der Waals surface area contributed by atoms with E-state index in [0.717, 1.165) is 37.3 Å². The Kier molecular flexibility index (Phi) is 6.57. The van der Waals surface area contributed by atoms with E-state index in [-0.39, 0.29) is 12.5 Å². The maximum atomic E-state index is 12.4. The van der Waals surface area contributed by atoms with Gasteiger partial charge in [0.05, 0.1) is 13.1 Å². The van der Waals surface area contributed by atoms with Gasteiger partial charge < -0.3 is 20.7 Å². The van der Waals surface area contributed by atoms with Crippen molar-refractivity contribution in [1.29, 1.82) is 0 Å². The first kappa shape index (κ1) is 19.1. The van der Waals surface area contributed by atoms with Crippen molar-refractivity contribution in [3.63, 3.8) is 0 Å². The lowest BCUT2D eigenvalue weighted by Crippen LogP contribution is -2.35. The van der Waals surface area contributed by atoms with Gasteiger partial charge in [0.1, 0.15) is 0 Å². The molecule has 6 heteroatoms. The Morgan fingerprint density at radius 2 is 1.78 bits per heavy atom. The van der Waals surface area contributed by atoms with Crippen LogP contribution in [-0.4, -0.2) is 32.1 Å². The molecule has 0 saturated carbocycles. The highest BCUT2D eigenvalue weighted by Crippen LogP contribution is 2.27. The Balaban J connectivity index is 1.74. The SMILES string of the molecule is NCC(=O)N(Cc1ccc(C2CCOCC2)cc1)c1ccc(NC=O)cc1. The second-order valence-corrected chi connectivity index (χ2v) is 6.62. The zero-order valence-electron chi connectivity index (χ0n) is 15.3. The van der Waals surface area contributed by atoms with E-state index in [1.165, 1.54) is 5.56 Å². The summed E-state index contributed by atoms with van der Waals surface area (Å²) < 4.78 is 5.43. The molecule has 1 heterocycles. The van der Waals surface area contributed by atoms with Gasteiger partial charge in [0, 0.05) is 24.6 Å². The van der Waals surface area contributed by atoms with E-state index in [1.54, 1.807) is 29.2 Å². The molecular formula is C21H25N3O3. The number of hydrogen-bond acceptors (Lipinski definition) is 4. The number of nitrogens with two attached hydrogens (primary N) is 1. The van der Waals surface area contributed by atoms with Gasteiger partial charge >= 0.3 is 0 Å². The summed E-state index contributed by atoms with van der Waals surface area (Å²) in [5.74, 6) is 0.395. The van der Waals surface area contributed by atoms with Gasteiger partial charge in [0.15, 0.2) is 0 Å². The number of carbonyl (C=O) groups is 2. The predicted octanol–water partition coefficient (Wildman–Crippen LogP) is 2.64. The molecule has 0 spiro atoms. The Hall–Kier alpha value is -2.70. The van der Waals surface area contributed by atoms with E-state index in [1.807, 2.05) is 0 Å². The second-order valence-electron chi connectivity index (χ2n) is 6.62. The molecule has 2 aromatic rings. The standard InChI is InChI=1S/C21H25N3O3/c22-13-21(26)24(20-7-5-19(6-8-20)23-15-25)14-16-1-3-17(4-2-16)18-9-11-27-12-10-18/h1-8,15,18H,9-14,22H2,(H,23,25). The maximum absolute atomic E-state index is 12.4. The van der Waals surface area contributed by atoms with Crippen molar-refractivity contribution in [2.24, 2.45) is 5.73 Å². The molecule has 3 N–H and O–H groups in total. The first-order valence-corrected chi connectivity index (χ1v) is 9.18. The van der Waals surface area contributed by atoms with Crippen LogP contribution in [0.3, 0.4) is 0 Å². The zero-order chi connectivity index (χ0) is 19.1. The van der Waals surface area contributed by atoms with Crippen LogP contribution in [-0.2, 0) is 20.9 Å². The summed E-state index contributed by atoms with van der Waals surface area (Å²) in [5.41, 5.74) is 9.39. The Morgan fingerprint density at radius 3 is 2.37 bits per heavy atom. The van der Waals surface area contributed by atoms with Gasteiger partial charge in [-0.3, -0.25) is 9.59 Å². The number of carbonyl (C=O) groups excluding carboxylic acids is 2. The Bertz CT molecular complexity index is 753. The summed E-state index contributed by atoms with van der Waals surface area (Å²) in [6.07, 6.45) is 2.73. The Labute approximate surface area is 159 Å². The van der Waals surface area contributed by atoms with Crippen molar-refractivity contribution < 1.29 is 14.3 Å². The molecule has 0 unspecified atom stereocenters. The van der Waals surface area contributed by atoms with Crippen molar-refractivity contribution in [3.05, 3.63) is 59.7 Å². The second kappa shape index (κ2) is 9.30. The molecule has 0 bridgehead atoms. The molecule has 6 nitrogen and oxygen atoms in total. The van der Waals surface area contributed by atoms with Gasteiger partial charge in [-0.15, -0.1) is 0 Å². The number of rotatable bonds is 7. The van der Waals surface area contributed by atoms with Crippen molar-refractivity contribution in [2.75, 3.05) is 30.0 Å². The number of hydrogen-bond donors (Lipinski definition) is 2. The zero-order valence-corrected chi connectivity index (χ0v) is 15.3. The van der Waals surface area contributed by atoms with Crippen LogP contribution in [0.5, 0.6) is 0 Å². The van der Waals surface area contributed by atoms with Gasteiger partial charge in [-0.2, -0.15) is 0 Å². The predicted molar refractivity (Wildman–Crippen MR) is 106 cm³/mol. The van der Waals surface area contributed by atoms with Gasteiger partial charge in [0.25, 0.3) is 0 Å². The van der Waals surface area contributed by atoms with E-state index in [4.69, 9.17) is 10.5 Å². The number of nitrogens with one attached hydrogen (secondary N) is 1.